The Hall–Kier alpha value is -2.60. The topological polar surface area (TPSA) is 70.6 Å². The van der Waals surface area contributed by atoms with E-state index in [1.165, 1.54) is 44.3 Å². The van der Waals surface area contributed by atoms with E-state index >= 15 is 0 Å². The van der Waals surface area contributed by atoms with Crippen molar-refractivity contribution >= 4 is 0 Å². The molecule has 0 amide bonds. The molecular weight excluding hydrogens is 360 g/mol. The Balaban J connectivity index is 1.53. The van der Waals surface area contributed by atoms with E-state index in [4.69, 9.17) is 4.98 Å². The molecule has 0 radical (unpaired) electrons. The molecule has 1 aromatic carbocycles. The van der Waals surface area contributed by atoms with Gasteiger partial charge in [-0.15, -0.1) is 5.10 Å². The second-order valence-electron chi connectivity index (χ2n) is 8.63. The maximum absolute atomic E-state index is 4.77. The molecule has 3 aliphatic rings. The number of rotatable bonds is 6. The van der Waals surface area contributed by atoms with E-state index in [2.05, 4.69) is 68.0 Å². The van der Waals surface area contributed by atoms with Crippen LogP contribution in [0.1, 0.15) is 49.2 Å². The molecule has 2 aromatic heterocycles. The van der Waals surface area contributed by atoms with Crippen molar-refractivity contribution in [1.82, 2.24) is 30.5 Å². The number of hydrogen-bond acceptors (Lipinski definition) is 5. The number of fused-ring (bicyclic) bond motifs is 4. The van der Waals surface area contributed by atoms with Crippen molar-refractivity contribution in [2.24, 2.45) is 11.8 Å². The van der Waals surface area contributed by atoms with Crippen molar-refractivity contribution in [1.29, 1.82) is 0 Å². The standard InChI is InChI=1S/C23H28N6/c1-2-6-20(7-3-1)23(22-25-27-28-26-22,21-8-4-5-14-24-21)13-15-29-16-18-9-10-19(17-29)12-11-18/h1-8,14,18-19H,9-13,15-17H2,(H,25,26,27,28). The zero-order valence-corrected chi connectivity index (χ0v) is 16.7. The Morgan fingerprint density at radius 2 is 1.66 bits per heavy atom. The van der Waals surface area contributed by atoms with Crippen LogP contribution < -0.4 is 0 Å². The first-order chi connectivity index (χ1) is 14.3. The summed E-state index contributed by atoms with van der Waals surface area (Å²) in [5.41, 5.74) is 1.68. The highest BCUT2D eigenvalue weighted by molar-refractivity contribution is 5.42. The first-order valence-electron chi connectivity index (χ1n) is 10.8. The average Bonchev–Trinajstić information content (AvgIpc) is 3.17. The van der Waals surface area contributed by atoms with Crippen LogP contribution in [0.5, 0.6) is 0 Å². The van der Waals surface area contributed by atoms with Gasteiger partial charge in [0.05, 0.1) is 11.1 Å². The SMILES string of the molecule is c1ccc(C(CCN2CC3CCC(CC3)C2)(c2ccccn2)c2nnn[nH]2)cc1. The minimum atomic E-state index is -0.489. The van der Waals surface area contributed by atoms with E-state index in [-0.39, 0.29) is 0 Å². The van der Waals surface area contributed by atoms with Crippen LogP contribution in [0.4, 0.5) is 0 Å². The number of benzene rings is 1. The summed E-state index contributed by atoms with van der Waals surface area (Å²) in [5, 5.41) is 15.3. The maximum Gasteiger partial charge on any atom is 0.165 e. The Bertz CT molecular complexity index is 834. The number of H-pyrrole nitrogens is 1. The molecule has 6 rings (SSSR count). The Kier molecular flexibility index (Phi) is 5.10. The van der Waals surface area contributed by atoms with Gasteiger partial charge < -0.3 is 4.90 Å². The minimum Gasteiger partial charge on any atom is -0.303 e. The van der Waals surface area contributed by atoms with Gasteiger partial charge >= 0.3 is 0 Å². The van der Waals surface area contributed by atoms with E-state index in [9.17, 15) is 0 Å². The number of tetrazole rings is 1. The lowest BCUT2D eigenvalue weighted by Crippen LogP contribution is -2.38. The molecular formula is C23H28N6. The first kappa shape index (κ1) is 18.4. The van der Waals surface area contributed by atoms with E-state index in [0.29, 0.717) is 0 Å². The molecule has 3 fully saturated rings. The average molecular weight is 389 g/mol. The lowest BCUT2D eigenvalue weighted by molar-refractivity contribution is 0.234. The molecule has 1 N–H and O–H groups in total. The number of hydrogen-bond donors (Lipinski definition) is 1. The molecule has 29 heavy (non-hydrogen) atoms. The third-order valence-electron chi connectivity index (χ3n) is 6.92. The van der Waals surface area contributed by atoms with Crippen LogP contribution in [0.15, 0.2) is 54.7 Å². The van der Waals surface area contributed by atoms with Crippen molar-refractivity contribution in [2.75, 3.05) is 19.6 Å². The van der Waals surface area contributed by atoms with Gasteiger partial charge in [0.25, 0.3) is 0 Å². The third-order valence-corrected chi connectivity index (χ3v) is 6.92. The summed E-state index contributed by atoms with van der Waals surface area (Å²) in [4.78, 5) is 7.45. The van der Waals surface area contributed by atoms with E-state index in [0.717, 1.165) is 36.3 Å². The summed E-state index contributed by atoms with van der Waals surface area (Å²) in [6, 6.07) is 16.7. The van der Waals surface area contributed by atoms with Gasteiger partial charge in [-0.25, -0.2) is 5.10 Å². The van der Waals surface area contributed by atoms with Gasteiger partial charge in [0.15, 0.2) is 5.82 Å². The summed E-state index contributed by atoms with van der Waals surface area (Å²) in [6.45, 7) is 3.45. The first-order valence-corrected chi connectivity index (χ1v) is 10.8. The van der Waals surface area contributed by atoms with Crippen molar-refractivity contribution < 1.29 is 0 Å². The number of aromatic nitrogens is 5. The summed E-state index contributed by atoms with van der Waals surface area (Å²) in [6.07, 6.45) is 8.36. The normalized spacial score (nSPS) is 24.1. The zero-order chi connectivity index (χ0) is 19.5. The summed E-state index contributed by atoms with van der Waals surface area (Å²) in [5.74, 6) is 2.49. The predicted molar refractivity (Wildman–Crippen MR) is 111 cm³/mol. The Morgan fingerprint density at radius 3 is 2.28 bits per heavy atom. The van der Waals surface area contributed by atoms with Crippen LogP contribution in [0.25, 0.3) is 0 Å². The van der Waals surface area contributed by atoms with E-state index in [1.54, 1.807) is 0 Å². The number of nitrogens with one attached hydrogen (secondary N) is 1. The van der Waals surface area contributed by atoms with Gasteiger partial charge in [-0.05, 0) is 78.6 Å². The minimum absolute atomic E-state index is 0.489. The highest BCUT2D eigenvalue weighted by atomic mass is 15.5. The van der Waals surface area contributed by atoms with Gasteiger partial charge in [0.1, 0.15) is 0 Å². The van der Waals surface area contributed by atoms with E-state index < -0.39 is 5.41 Å². The molecule has 4 heterocycles. The smallest absolute Gasteiger partial charge is 0.165 e. The molecule has 2 saturated heterocycles. The fraction of sp³-hybridized carbons (Fsp3) is 0.478. The molecule has 1 unspecified atom stereocenters. The second kappa shape index (κ2) is 8.03. The number of aromatic amines is 1. The fourth-order valence-electron chi connectivity index (χ4n) is 5.38. The monoisotopic (exact) mass is 388 g/mol. The molecule has 150 valence electrons. The summed E-state index contributed by atoms with van der Waals surface area (Å²) in [7, 11) is 0. The van der Waals surface area contributed by atoms with Crippen LogP contribution in [0.3, 0.4) is 0 Å². The van der Waals surface area contributed by atoms with Gasteiger partial charge in [-0.3, -0.25) is 4.98 Å². The van der Waals surface area contributed by atoms with Gasteiger partial charge in [0, 0.05) is 19.3 Å². The number of nitrogens with zero attached hydrogens (tertiary/aromatic N) is 5. The zero-order valence-electron chi connectivity index (χ0n) is 16.7. The molecule has 2 aliphatic heterocycles. The van der Waals surface area contributed by atoms with Crippen molar-refractivity contribution in [2.45, 2.75) is 37.5 Å². The highest BCUT2D eigenvalue weighted by Gasteiger charge is 2.42. The van der Waals surface area contributed by atoms with Crippen molar-refractivity contribution in [3.8, 4) is 0 Å². The van der Waals surface area contributed by atoms with Gasteiger partial charge in [0.2, 0.25) is 0 Å². The molecule has 1 atom stereocenters. The maximum atomic E-state index is 4.77. The molecule has 6 nitrogen and oxygen atoms in total. The Morgan fingerprint density at radius 1 is 0.931 bits per heavy atom. The largest absolute Gasteiger partial charge is 0.303 e. The predicted octanol–water partition coefficient (Wildman–Crippen LogP) is 3.44. The van der Waals surface area contributed by atoms with Crippen molar-refractivity contribution in [3.63, 3.8) is 0 Å². The summed E-state index contributed by atoms with van der Waals surface area (Å²) < 4.78 is 0. The molecule has 1 aliphatic carbocycles. The van der Waals surface area contributed by atoms with Crippen molar-refractivity contribution in [3.05, 3.63) is 71.8 Å². The summed E-state index contributed by atoms with van der Waals surface area (Å²) >= 11 is 0. The number of pyridine rings is 1. The highest BCUT2D eigenvalue weighted by Crippen LogP contribution is 2.40. The van der Waals surface area contributed by atoms with Crippen LogP contribution in [-0.2, 0) is 5.41 Å². The van der Waals surface area contributed by atoms with E-state index in [1.807, 2.05) is 12.3 Å². The lowest BCUT2D eigenvalue weighted by Gasteiger charge is -2.34. The van der Waals surface area contributed by atoms with Gasteiger partial charge in [-0.1, -0.05) is 36.4 Å². The lowest BCUT2D eigenvalue weighted by atomic mass is 9.73. The molecule has 0 spiro atoms. The van der Waals surface area contributed by atoms with Crippen LogP contribution in [0, 0.1) is 11.8 Å². The molecule has 1 saturated carbocycles. The Labute approximate surface area is 171 Å². The molecule has 6 heteroatoms. The van der Waals surface area contributed by atoms with Gasteiger partial charge in [-0.2, -0.15) is 0 Å². The van der Waals surface area contributed by atoms with Crippen LogP contribution >= 0.6 is 0 Å². The second-order valence-corrected chi connectivity index (χ2v) is 8.63. The third kappa shape index (κ3) is 3.57. The quantitative estimate of drug-likeness (QED) is 0.700. The van der Waals surface area contributed by atoms with Crippen LogP contribution in [-0.4, -0.2) is 50.1 Å². The molecule has 2 bridgehead atoms. The molecule has 3 aromatic rings. The van der Waals surface area contributed by atoms with Crippen LogP contribution in [0.2, 0.25) is 0 Å². The fourth-order valence-corrected chi connectivity index (χ4v) is 5.38.